The van der Waals surface area contributed by atoms with Crippen molar-refractivity contribution in [3.05, 3.63) is 61.1 Å². The molecule has 0 saturated heterocycles. The number of fused-ring (bicyclic) bond motifs is 3. The zero-order valence-corrected chi connectivity index (χ0v) is 10.5. The molecule has 6 nitrogen and oxygen atoms in total. The molecular formula is C13H10FN3O3. The number of nitrogens with one attached hydrogen (secondary N) is 1. The highest BCUT2D eigenvalue weighted by Gasteiger charge is 2.11. The smallest absolute Gasteiger partial charge is 0.289 e. The van der Waals surface area contributed by atoms with Gasteiger partial charge in [0.15, 0.2) is 5.43 Å². The minimum Gasteiger partial charge on any atom is -0.289 e. The van der Waals surface area contributed by atoms with Crippen LogP contribution in [0.3, 0.4) is 0 Å². The number of nitrogens with zero attached hydrogens (tertiary/aromatic N) is 2. The standard InChI is InChI=1S/C13H10FN3O3/c1-2-16-13(20)17-9-4-3-7(14)5-8(9)11(18)6-10(17)12(19)15-16/h3-6H,2H2,1H3,(H,15,19). The molecule has 0 spiro atoms. The van der Waals surface area contributed by atoms with E-state index >= 15 is 0 Å². The fourth-order valence-electron chi connectivity index (χ4n) is 2.23. The number of aromatic nitrogens is 3. The number of benzene rings is 1. The van der Waals surface area contributed by atoms with Gasteiger partial charge in [-0.1, -0.05) is 0 Å². The summed E-state index contributed by atoms with van der Waals surface area (Å²) < 4.78 is 15.5. The lowest BCUT2D eigenvalue weighted by Crippen LogP contribution is -2.36. The van der Waals surface area contributed by atoms with Crippen molar-refractivity contribution in [1.29, 1.82) is 0 Å². The Morgan fingerprint density at radius 3 is 2.60 bits per heavy atom. The summed E-state index contributed by atoms with van der Waals surface area (Å²) in [4.78, 5) is 36.1. The predicted molar refractivity (Wildman–Crippen MR) is 71.7 cm³/mol. The van der Waals surface area contributed by atoms with Gasteiger partial charge in [-0.05, 0) is 25.1 Å². The summed E-state index contributed by atoms with van der Waals surface area (Å²) in [5.74, 6) is -0.574. The van der Waals surface area contributed by atoms with Crippen molar-refractivity contribution in [1.82, 2.24) is 14.2 Å². The molecule has 7 heteroatoms. The molecule has 3 aromatic rings. The molecular weight excluding hydrogens is 265 g/mol. The number of aromatic amines is 1. The Morgan fingerprint density at radius 1 is 1.15 bits per heavy atom. The van der Waals surface area contributed by atoms with Crippen LogP contribution in [0, 0.1) is 5.82 Å². The zero-order chi connectivity index (χ0) is 14.4. The van der Waals surface area contributed by atoms with E-state index < -0.39 is 22.5 Å². The molecule has 20 heavy (non-hydrogen) atoms. The first-order valence-electron chi connectivity index (χ1n) is 6.01. The van der Waals surface area contributed by atoms with Gasteiger partial charge in [-0.2, -0.15) is 0 Å². The van der Waals surface area contributed by atoms with Gasteiger partial charge in [-0.3, -0.25) is 19.1 Å². The van der Waals surface area contributed by atoms with E-state index in [1.165, 1.54) is 6.07 Å². The molecule has 0 radical (unpaired) electrons. The van der Waals surface area contributed by atoms with E-state index in [1.54, 1.807) is 6.92 Å². The summed E-state index contributed by atoms with van der Waals surface area (Å²) >= 11 is 0. The first-order chi connectivity index (χ1) is 9.52. The van der Waals surface area contributed by atoms with Gasteiger partial charge in [0.25, 0.3) is 5.56 Å². The second kappa shape index (κ2) is 4.16. The normalized spacial score (nSPS) is 11.3. The lowest BCUT2D eigenvalue weighted by Gasteiger charge is -2.08. The van der Waals surface area contributed by atoms with Crippen molar-refractivity contribution in [2.45, 2.75) is 13.5 Å². The monoisotopic (exact) mass is 275 g/mol. The molecule has 0 bridgehead atoms. The molecule has 2 heterocycles. The average Bonchev–Trinajstić information content (AvgIpc) is 2.43. The molecule has 102 valence electrons. The number of halogens is 1. The minimum atomic E-state index is -0.574. The Bertz CT molecular complexity index is 1010. The molecule has 0 aliphatic rings. The van der Waals surface area contributed by atoms with Crippen molar-refractivity contribution in [3.8, 4) is 0 Å². The van der Waals surface area contributed by atoms with E-state index in [0.717, 1.165) is 27.3 Å². The minimum absolute atomic E-state index is 0.0520. The van der Waals surface area contributed by atoms with Crippen LogP contribution in [-0.2, 0) is 6.54 Å². The molecule has 0 fully saturated rings. The summed E-state index contributed by atoms with van der Waals surface area (Å²) in [7, 11) is 0. The van der Waals surface area contributed by atoms with E-state index in [0.29, 0.717) is 0 Å². The third-order valence-electron chi connectivity index (χ3n) is 3.18. The highest BCUT2D eigenvalue weighted by molar-refractivity contribution is 5.82. The van der Waals surface area contributed by atoms with Gasteiger partial charge >= 0.3 is 5.69 Å². The second-order valence-corrected chi connectivity index (χ2v) is 4.36. The van der Waals surface area contributed by atoms with E-state index in [2.05, 4.69) is 5.10 Å². The lowest BCUT2D eigenvalue weighted by molar-refractivity contribution is 0.579. The highest BCUT2D eigenvalue weighted by atomic mass is 19.1. The first kappa shape index (κ1) is 12.3. The SMILES string of the molecule is CCn1[nH]c(=O)c2cc(=O)c3cc(F)ccc3n2c1=O. The third-order valence-corrected chi connectivity index (χ3v) is 3.18. The third kappa shape index (κ3) is 1.59. The van der Waals surface area contributed by atoms with Gasteiger partial charge in [-0.25, -0.2) is 13.9 Å². The molecule has 0 saturated carbocycles. The Balaban J connectivity index is 2.73. The van der Waals surface area contributed by atoms with Crippen molar-refractivity contribution in [3.63, 3.8) is 0 Å². The van der Waals surface area contributed by atoms with E-state index in [9.17, 15) is 18.8 Å². The number of pyridine rings is 1. The summed E-state index contributed by atoms with van der Waals surface area (Å²) in [6.07, 6.45) is 0. The molecule has 0 amide bonds. The second-order valence-electron chi connectivity index (χ2n) is 4.36. The largest absolute Gasteiger partial charge is 0.348 e. The van der Waals surface area contributed by atoms with Crippen LogP contribution >= 0.6 is 0 Å². The number of rotatable bonds is 1. The predicted octanol–water partition coefficient (Wildman–Crippen LogP) is 0.462. The number of H-pyrrole nitrogens is 1. The summed E-state index contributed by atoms with van der Waals surface area (Å²) in [6.45, 7) is 1.98. The van der Waals surface area contributed by atoms with Crippen LogP contribution in [0.5, 0.6) is 0 Å². The van der Waals surface area contributed by atoms with Crippen molar-refractivity contribution < 1.29 is 4.39 Å². The lowest BCUT2D eigenvalue weighted by atomic mass is 10.2. The van der Waals surface area contributed by atoms with Crippen LogP contribution in [0.4, 0.5) is 4.39 Å². The van der Waals surface area contributed by atoms with E-state index in [1.807, 2.05) is 0 Å². The highest BCUT2D eigenvalue weighted by Crippen LogP contribution is 2.11. The van der Waals surface area contributed by atoms with Gasteiger partial charge < -0.3 is 0 Å². The average molecular weight is 275 g/mol. The molecule has 0 unspecified atom stereocenters. The van der Waals surface area contributed by atoms with Crippen molar-refractivity contribution >= 4 is 16.4 Å². The number of hydrogen-bond acceptors (Lipinski definition) is 3. The van der Waals surface area contributed by atoms with Gasteiger partial charge in [0, 0.05) is 18.0 Å². The number of aryl methyl sites for hydroxylation is 1. The fourth-order valence-corrected chi connectivity index (χ4v) is 2.23. The zero-order valence-electron chi connectivity index (χ0n) is 10.5. The number of hydrogen-bond donors (Lipinski definition) is 1. The van der Waals surface area contributed by atoms with E-state index in [-0.39, 0.29) is 23.0 Å². The molecule has 3 rings (SSSR count). The maximum absolute atomic E-state index is 13.2. The van der Waals surface area contributed by atoms with Gasteiger partial charge in [0.05, 0.1) is 5.52 Å². The van der Waals surface area contributed by atoms with E-state index in [4.69, 9.17) is 0 Å². The van der Waals surface area contributed by atoms with Crippen LogP contribution in [-0.4, -0.2) is 14.2 Å². The molecule has 1 N–H and O–H groups in total. The van der Waals surface area contributed by atoms with Crippen molar-refractivity contribution in [2.75, 3.05) is 0 Å². The molecule has 0 aliphatic carbocycles. The summed E-state index contributed by atoms with van der Waals surface area (Å²) in [5, 5.41) is 2.45. The molecule has 0 atom stereocenters. The molecule has 2 aromatic heterocycles. The van der Waals surface area contributed by atoms with Crippen LogP contribution in [0.2, 0.25) is 0 Å². The molecule has 1 aromatic carbocycles. The van der Waals surface area contributed by atoms with Gasteiger partial charge in [-0.15, -0.1) is 0 Å². The Hall–Kier alpha value is -2.70. The first-order valence-corrected chi connectivity index (χ1v) is 6.01. The maximum atomic E-state index is 13.2. The van der Waals surface area contributed by atoms with Gasteiger partial charge in [0.2, 0.25) is 0 Å². The summed E-state index contributed by atoms with van der Waals surface area (Å²) in [6, 6.07) is 4.56. The molecule has 0 aliphatic heterocycles. The van der Waals surface area contributed by atoms with Crippen molar-refractivity contribution in [2.24, 2.45) is 0 Å². The van der Waals surface area contributed by atoms with Crippen LogP contribution in [0.1, 0.15) is 6.92 Å². The van der Waals surface area contributed by atoms with Crippen LogP contribution in [0.25, 0.3) is 16.4 Å². The topological polar surface area (TPSA) is 76.3 Å². The summed E-state index contributed by atoms with van der Waals surface area (Å²) in [5.41, 5.74) is -1.37. The van der Waals surface area contributed by atoms with Crippen LogP contribution < -0.4 is 16.7 Å². The maximum Gasteiger partial charge on any atom is 0.348 e. The van der Waals surface area contributed by atoms with Crippen LogP contribution in [0.15, 0.2) is 38.6 Å². The quantitative estimate of drug-likeness (QED) is 0.655. The fraction of sp³-hybridized carbons (Fsp3) is 0.154. The Labute approximate surface area is 110 Å². The van der Waals surface area contributed by atoms with Gasteiger partial charge in [0.1, 0.15) is 11.3 Å². The Morgan fingerprint density at radius 2 is 1.90 bits per heavy atom. The Kier molecular flexibility index (Phi) is 2.56.